The third-order valence-corrected chi connectivity index (χ3v) is 4.65. The van der Waals surface area contributed by atoms with Gasteiger partial charge in [0.2, 0.25) is 5.89 Å². The van der Waals surface area contributed by atoms with Crippen molar-refractivity contribution >= 4 is 28.3 Å². The van der Waals surface area contributed by atoms with Crippen LogP contribution in [0.2, 0.25) is 5.02 Å². The summed E-state index contributed by atoms with van der Waals surface area (Å²) in [5.41, 5.74) is 0.818. The fourth-order valence-electron chi connectivity index (χ4n) is 2.95. The van der Waals surface area contributed by atoms with Crippen LogP contribution >= 0.6 is 11.6 Å². The summed E-state index contributed by atoms with van der Waals surface area (Å²) in [5.74, 6) is 1.41. The fourth-order valence-corrected chi connectivity index (χ4v) is 3.12. The molecule has 0 fully saturated rings. The molecule has 0 spiro atoms. The Morgan fingerprint density at radius 2 is 2.11 bits per heavy atom. The van der Waals surface area contributed by atoms with Gasteiger partial charge in [-0.1, -0.05) is 11.6 Å². The number of benzene rings is 1. The maximum Gasteiger partial charge on any atom is 0.208 e. The molecule has 0 aliphatic rings. The van der Waals surface area contributed by atoms with Crippen LogP contribution in [0.15, 0.2) is 41.4 Å². The van der Waals surface area contributed by atoms with Gasteiger partial charge >= 0.3 is 0 Å². The van der Waals surface area contributed by atoms with Gasteiger partial charge in [-0.3, -0.25) is 4.90 Å². The van der Waals surface area contributed by atoms with E-state index in [2.05, 4.69) is 27.2 Å². The van der Waals surface area contributed by atoms with Crippen LogP contribution in [0, 0.1) is 0 Å². The first-order valence-electron chi connectivity index (χ1n) is 9.00. The van der Waals surface area contributed by atoms with Crippen molar-refractivity contribution < 1.29 is 9.52 Å². The molecule has 2 heterocycles. The van der Waals surface area contributed by atoms with Gasteiger partial charge in [-0.25, -0.2) is 15.0 Å². The third-order valence-electron chi connectivity index (χ3n) is 4.41. The van der Waals surface area contributed by atoms with Crippen LogP contribution in [0.25, 0.3) is 10.9 Å². The second-order valence-corrected chi connectivity index (χ2v) is 7.04. The minimum atomic E-state index is -0.560. The Balaban J connectivity index is 1.54. The number of fused-ring (bicyclic) bond motifs is 1. The molecule has 3 aromatic rings. The van der Waals surface area contributed by atoms with Gasteiger partial charge in [0.15, 0.2) is 0 Å². The molecular weight excluding hydrogens is 366 g/mol. The molecular formula is C19H24ClN5O2. The molecule has 2 unspecified atom stereocenters. The highest BCUT2D eigenvalue weighted by Crippen LogP contribution is 2.23. The number of aliphatic hydroxyl groups excluding tert-OH is 1. The molecule has 0 aliphatic heterocycles. The number of hydrogen-bond donors (Lipinski definition) is 2. The number of oxazole rings is 1. The third kappa shape index (κ3) is 5.38. The topological polar surface area (TPSA) is 87.3 Å². The summed E-state index contributed by atoms with van der Waals surface area (Å²) in [6.07, 6.45) is 5.97. The Kier molecular flexibility index (Phi) is 6.60. The Morgan fingerprint density at radius 1 is 1.26 bits per heavy atom. The number of nitrogens with one attached hydrogen (secondary N) is 1. The van der Waals surface area contributed by atoms with Crippen LogP contribution in [0.1, 0.15) is 32.6 Å². The van der Waals surface area contributed by atoms with Crippen molar-refractivity contribution in [3.8, 4) is 0 Å². The molecule has 0 amide bonds. The van der Waals surface area contributed by atoms with Crippen molar-refractivity contribution in [2.75, 3.05) is 11.9 Å². The van der Waals surface area contributed by atoms with Gasteiger partial charge in [0.1, 0.15) is 24.6 Å². The maximum absolute atomic E-state index is 9.97. The molecule has 1 aromatic carbocycles. The summed E-state index contributed by atoms with van der Waals surface area (Å²) in [6, 6.07) is 5.82. The first kappa shape index (κ1) is 19.5. The van der Waals surface area contributed by atoms with Crippen molar-refractivity contribution in [3.05, 3.63) is 47.9 Å². The molecule has 0 saturated carbocycles. The number of anilines is 1. The van der Waals surface area contributed by atoms with E-state index in [0.717, 1.165) is 36.1 Å². The van der Waals surface area contributed by atoms with E-state index in [1.54, 1.807) is 25.7 Å². The molecule has 2 aromatic heterocycles. The van der Waals surface area contributed by atoms with Crippen LogP contribution < -0.4 is 5.32 Å². The Bertz CT molecular complexity index is 856. The summed E-state index contributed by atoms with van der Waals surface area (Å²) in [6.45, 7) is 5.10. The van der Waals surface area contributed by atoms with E-state index < -0.39 is 6.23 Å². The predicted octanol–water partition coefficient (Wildman–Crippen LogP) is 3.69. The predicted molar refractivity (Wildman–Crippen MR) is 105 cm³/mol. The lowest BCUT2D eigenvalue weighted by Gasteiger charge is -2.24. The highest BCUT2D eigenvalue weighted by atomic mass is 35.5. The van der Waals surface area contributed by atoms with E-state index in [1.165, 1.54) is 0 Å². The molecule has 0 saturated heterocycles. The average molecular weight is 390 g/mol. The molecule has 8 heteroatoms. The molecule has 2 atom stereocenters. The summed E-state index contributed by atoms with van der Waals surface area (Å²) in [5, 5.41) is 15.0. The molecule has 7 nitrogen and oxygen atoms in total. The largest absolute Gasteiger partial charge is 0.448 e. The highest BCUT2D eigenvalue weighted by molar-refractivity contribution is 6.31. The van der Waals surface area contributed by atoms with Crippen LogP contribution in [0.3, 0.4) is 0 Å². The smallest absolute Gasteiger partial charge is 0.208 e. The molecule has 3 rings (SSSR count). The molecule has 144 valence electrons. The zero-order valence-corrected chi connectivity index (χ0v) is 16.2. The minimum Gasteiger partial charge on any atom is -0.448 e. The Labute approximate surface area is 163 Å². The molecule has 27 heavy (non-hydrogen) atoms. The van der Waals surface area contributed by atoms with Crippen LogP contribution in [0.4, 0.5) is 5.82 Å². The van der Waals surface area contributed by atoms with Gasteiger partial charge in [0.25, 0.3) is 0 Å². The molecule has 0 bridgehead atoms. The van der Waals surface area contributed by atoms with Crippen molar-refractivity contribution in [3.63, 3.8) is 0 Å². The van der Waals surface area contributed by atoms with Crippen molar-refractivity contribution in [1.82, 2.24) is 19.9 Å². The van der Waals surface area contributed by atoms with Crippen molar-refractivity contribution in [2.24, 2.45) is 0 Å². The number of nitrogens with zero attached hydrogens (tertiary/aromatic N) is 4. The molecule has 0 radical (unpaired) electrons. The van der Waals surface area contributed by atoms with E-state index >= 15 is 0 Å². The van der Waals surface area contributed by atoms with E-state index in [0.29, 0.717) is 17.5 Å². The zero-order valence-electron chi connectivity index (χ0n) is 15.5. The second-order valence-electron chi connectivity index (χ2n) is 6.60. The van der Waals surface area contributed by atoms with Gasteiger partial charge in [0.05, 0.1) is 18.3 Å². The zero-order chi connectivity index (χ0) is 19.2. The van der Waals surface area contributed by atoms with Crippen LogP contribution in [-0.2, 0) is 6.54 Å². The van der Waals surface area contributed by atoms with Crippen molar-refractivity contribution in [1.29, 1.82) is 0 Å². The first-order chi connectivity index (χ1) is 13.0. The van der Waals surface area contributed by atoms with Crippen LogP contribution in [-0.4, -0.2) is 43.8 Å². The monoisotopic (exact) mass is 389 g/mol. The molecule has 0 aliphatic carbocycles. The summed E-state index contributed by atoms with van der Waals surface area (Å²) in [7, 11) is 0. The minimum absolute atomic E-state index is 0.219. The fraction of sp³-hybridized carbons (Fsp3) is 0.421. The van der Waals surface area contributed by atoms with Gasteiger partial charge < -0.3 is 14.8 Å². The van der Waals surface area contributed by atoms with Gasteiger partial charge in [-0.15, -0.1) is 0 Å². The standard InChI is InChI=1S/C19H24ClN5O2/c1-13(4-3-8-25(14(2)26)11-18-21-7-9-27-18)24-19-16-6-5-15(20)10-17(16)22-12-23-19/h5-7,9-10,12-14,26H,3-4,8,11H2,1-2H3,(H,22,23,24). The molecule has 2 N–H and O–H groups in total. The van der Waals surface area contributed by atoms with Gasteiger partial charge in [0, 0.05) is 23.0 Å². The lowest BCUT2D eigenvalue weighted by atomic mass is 10.1. The quantitative estimate of drug-likeness (QED) is 0.539. The Hall–Kier alpha value is -2.22. The van der Waals surface area contributed by atoms with Gasteiger partial charge in [-0.2, -0.15) is 0 Å². The van der Waals surface area contributed by atoms with Crippen LogP contribution in [0.5, 0.6) is 0 Å². The Morgan fingerprint density at radius 3 is 2.85 bits per heavy atom. The SMILES string of the molecule is CC(CCCN(Cc1ncco1)C(C)O)Nc1ncnc2cc(Cl)ccc12. The summed E-state index contributed by atoms with van der Waals surface area (Å²) < 4.78 is 5.27. The first-order valence-corrected chi connectivity index (χ1v) is 9.38. The number of halogens is 1. The number of hydrogen-bond acceptors (Lipinski definition) is 7. The van der Waals surface area contributed by atoms with E-state index in [-0.39, 0.29) is 6.04 Å². The normalized spacial score (nSPS) is 13.8. The second kappa shape index (κ2) is 9.12. The van der Waals surface area contributed by atoms with Gasteiger partial charge in [-0.05, 0) is 44.9 Å². The lowest BCUT2D eigenvalue weighted by Crippen LogP contribution is -2.34. The average Bonchev–Trinajstić information content (AvgIpc) is 3.14. The maximum atomic E-state index is 9.97. The van der Waals surface area contributed by atoms with E-state index in [1.807, 2.05) is 23.1 Å². The lowest BCUT2D eigenvalue weighted by molar-refractivity contribution is 0.00621. The number of rotatable bonds is 9. The number of aliphatic hydroxyl groups is 1. The summed E-state index contributed by atoms with van der Waals surface area (Å²) >= 11 is 6.03. The van der Waals surface area contributed by atoms with Crippen molar-refractivity contribution in [2.45, 2.75) is 45.5 Å². The summed E-state index contributed by atoms with van der Waals surface area (Å²) in [4.78, 5) is 14.7. The highest BCUT2D eigenvalue weighted by Gasteiger charge is 2.15. The van der Waals surface area contributed by atoms with E-state index in [4.69, 9.17) is 16.0 Å². The number of aromatic nitrogens is 3. The van der Waals surface area contributed by atoms with E-state index in [9.17, 15) is 5.11 Å².